The molecule has 3 rings (SSSR count). The summed E-state index contributed by atoms with van der Waals surface area (Å²) in [5, 5.41) is 0.658. The summed E-state index contributed by atoms with van der Waals surface area (Å²) in [6, 6.07) is 7.30. The van der Waals surface area contributed by atoms with Crippen molar-refractivity contribution in [3.8, 4) is 5.69 Å². The first-order valence-corrected chi connectivity index (χ1v) is 7.88. The predicted molar refractivity (Wildman–Crippen MR) is 86.3 cm³/mol. The van der Waals surface area contributed by atoms with Crippen molar-refractivity contribution in [2.45, 2.75) is 45.1 Å². The van der Waals surface area contributed by atoms with Crippen molar-refractivity contribution < 1.29 is 0 Å². The molecule has 2 aromatic rings. The number of benzene rings is 1. The fourth-order valence-corrected chi connectivity index (χ4v) is 3.49. The number of hydrogen-bond acceptors (Lipinski definition) is 2. The zero-order valence-corrected chi connectivity index (χ0v) is 12.9. The Morgan fingerprint density at radius 2 is 1.86 bits per heavy atom. The molecule has 112 valence electrons. The maximum atomic E-state index is 12.6. The van der Waals surface area contributed by atoms with Crippen molar-refractivity contribution in [3.05, 3.63) is 45.3 Å². The normalized spacial score (nSPS) is 15.7. The van der Waals surface area contributed by atoms with E-state index in [2.05, 4.69) is 0 Å². The molecule has 0 spiro atoms. The van der Waals surface area contributed by atoms with Gasteiger partial charge in [-0.1, -0.05) is 24.4 Å². The molecule has 0 aliphatic heterocycles. The minimum atomic E-state index is -0.124. The standard InChI is InChI=1S/C16H20ClN3O/c1-2-19-15(11-5-3-4-6-11)14(18)16(21)20(19)13-9-7-12(17)8-10-13/h7-11H,2-6,18H2,1H3. The zero-order valence-electron chi connectivity index (χ0n) is 12.2. The average Bonchev–Trinajstić information content (AvgIpc) is 3.08. The smallest absolute Gasteiger partial charge is 0.294 e. The van der Waals surface area contributed by atoms with Gasteiger partial charge in [-0.3, -0.25) is 9.48 Å². The highest BCUT2D eigenvalue weighted by Crippen LogP contribution is 2.36. The molecule has 1 aliphatic carbocycles. The van der Waals surface area contributed by atoms with E-state index in [9.17, 15) is 4.79 Å². The van der Waals surface area contributed by atoms with Gasteiger partial charge in [-0.15, -0.1) is 0 Å². The van der Waals surface area contributed by atoms with Gasteiger partial charge in [0.05, 0.1) is 11.4 Å². The second-order valence-electron chi connectivity index (χ2n) is 5.59. The van der Waals surface area contributed by atoms with Crippen LogP contribution in [0.5, 0.6) is 0 Å². The molecule has 1 aromatic carbocycles. The topological polar surface area (TPSA) is 52.9 Å². The van der Waals surface area contributed by atoms with Gasteiger partial charge >= 0.3 is 0 Å². The highest BCUT2D eigenvalue weighted by atomic mass is 35.5. The second-order valence-corrected chi connectivity index (χ2v) is 6.03. The van der Waals surface area contributed by atoms with Gasteiger partial charge in [-0.25, -0.2) is 4.68 Å². The van der Waals surface area contributed by atoms with E-state index in [-0.39, 0.29) is 5.56 Å². The lowest BCUT2D eigenvalue weighted by atomic mass is 10.0. The second kappa shape index (κ2) is 5.60. The molecule has 0 bridgehead atoms. The Balaban J connectivity index is 2.18. The van der Waals surface area contributed by atoms with Crippen LogP contribution in [0.2, 0.25) is 5.02 Å². The fourth-order valence-electron chi connectivity index (χ4n) is 3.36. The van der Waals surface area contributed by atoms with Crippen molar-refractivity contribution in [2.75, 3.05) is 5.73 Å². The summed E-state index contributed by atoms with van der Waals surface area (Å²) in [6.07, 6.45) is 4.67. The highest BCUT2D eigenvalue weighted by Gasteiger charge is 2.27. The molecular formula is C16H20ClN3O. The molecule has 0 atom stereocenters. The zero-order chi connectivity index (χ0) is 15.0. The first kappa shape index (κ1) is 14.3. The van der Waals surface area contributed by atoms with E-state index in [1.165, 1.54) is 12.8 Å². The first-order valence-electron chi connectivity index (χ1n) is 7.50. The lowest BCUT2D eigenvalue weighted by molar-refractivity contribution is 0.518. The maximum Gasteiger partial charge on any atom is 0.294 e. The Labute approximate surface area is 129 Å². The molecule has 0 saturated heterocycles. The van der Waals surface area contributed by atoms with Crippen LogP contribution in [-0.4, -0.2) is 9.36 Å². The minimum absolute atomic E-state index is 0.124. The summed E-state index contributed by atoms with van der Waals surface area (Å²) >= 11 is 5.93. The molecule has 21 heavy (non-hydrogen) atoms. The van der Waals surface area contributed by atoms with Gasteiger partial charge in [0, 0.05) is 17.5 Å². The molecule has 0 amide bonds. The minimum Gasteiger partial charge on any atom is -0.393 e. The summed E-state index contributed by atoms with van der Waals surface area (Å²) < 4.78 is 3.70. The van der Waals surface area contributed by atoms with Crippen LogP contribution >= 0.6 is 11.6 Å². The summed E-state index contributed by atoms with van der Waals surface area (Å²) in [6.45, 7) is 2.77. The van der Waals surface area contributed by atoms with Crippen molar-refractivity contribution in [1.82, 2.24) is 9.36 Å². The third-order valence-electron chi connectivity index (χ3n) is 4.33. The van der Waals surface area contributed by atoms with Gasteiger partial charge in [0.2, 0.25) is 0 Å². The van der Waals surface area contributed by atoms with Crippen LogP contribution in [0.25, 0.3) is 5.69 Å². The number of halogens is 1. The van der Waals surface area contributed by atoms with Gasteiger partial charge in [-0.05, 0) is 44.0 Å². The van der Waals surface area contributed by atoms with E-state index in [4.69, 9.17) is 17.3 Å². The number of rotatable bonds is 3. The predicted octanol–water partition coefficient (Wildman–Crippen LogP) is 3.55. The van der Waals surface area contributed by atoms with Crippen molar-refractivity contribution in [3.63, 3.8) is 0 Å². The molecule has 1 aromatic heterocycles. The SMILES string of the molecule is CCn1c(C2CCCC2)c(N)c(=O)n1-c1ccc(Cl)cc1. The molecule has 2 N–H and O–H groups in total. The van der Waals surface area contributed by atoms with E-state index >= 15 is 0 Å². The number of nitrogens with two attached hydrogens (primary N) is 1. The summed E-state index contributed by atoms with van der Waals surface area (Å²) in [4.78, 5) is 12.6. The van der Waals surface area contributed by atoms with Gasteiger partial charge in [-0.2, -0.15) is 0 Å². The van der Waals surface area contributed by atoms with E-state index in [1.54, 1.807) is 16.8 Å². The molecule has 0 radical (unpaired) electrons. The Morgan fingerprint density at radius 1 is 1.24 bits per heavy atom. The average molecular weight is 306 g/mol. The quantitative estimate of drug-likeness (QED) is 0.942. The number of aromatic nitrogens is 2. The highest BCUT2D eigenvalue weighted by molar-refractivity contribution is 6.30. The Hall–Kier alpha value is -1.68. The summed E-state index contributed by atoms with van der Waals surface area (Å²) in [5.74, 6) is 0.409. The van der Waals surface area contributed by atoms with Crippen molar-refractivity contribution >= 4 is 17.3 Å². The van der Waals surface area contributed by atoms with Gasteiger partial charge in [0.25, 0.3) is 5.56 Å². The lowest BCUT2D eigenvalue weighted by Gasteiger charge is -2.16. The summed E-state index contributed by atoms with van der Waals surface area (Å²) in [5.41, 5.74) is 8.24. The molecule has 4 nitrogen and oxygen atoms in total. The molecule has 5 heteroatoms. The van der Waals surface area contributed by atoms with Crippen LogP contribution in [0.15, 0.2) is 29.1 Å². The number of hydrogen-bond donors (Lipinski definition) is 1. The fraction of sp³-hybridized carbons (Fsp3) is 0.438. The Morgan fingerprint density at radius 3 is 2.43 bits per heavy atom. The van der Waals surface area contributed by atoms with Crippen LogP contribution in [0, 0.1) is 0 Å². The van der Waals surface area contributed by atoms with Gasteiger partial charge in [0.1, 0.15) is 5.69 Å². The maximum absolute atomic E-state index is 12.6. The molecule has 0 unspecified atom stereocenters. The van der Waals surface area contributed by atoms with Crippen LogP contribution < -0.4 is 11.3 Å². The first-order chi connectivity index (χ1) is 10.1. The Kier molecular flexibility index (Phi) is 3.81. The van der Waals surface area contributed by atoms with Gasteiger partial charge in [0.15, 0.2) is 0 Å². The van der Waals surface area contributed by atoms with Crippen LogP contribution in [-0.2, 0) is 6.54 Å². The van der Waals surface area contributed by atoms with Crippen molar-refractivity contribution in [2.24, 2.45) is 0 Å². The van der Waals surface area contributed by atoms with E-state index < -0.39 is 0 Å². The van der Waals surface area contributed by atoms with E-state index in [0.29, 0.717) is 16.6 Å². The Bertz CT molecular complexity index is 694. The molecular weight excluding hydrogens is 286 g/mol. The van der Waals surface area contributed by atoms with E-state index in [0.717, 1.165) is 30.8 Å². The monoisotopic (exact) mass is 305 g/mol. The van der Waals surface area contributed by atoms with Gasteiger partial charge < -0.3 is 5.73 Å². The molecule has 1 aliphatic rings. The number of anilines is 1. The molecule has 1 saturated carbocycles. The van der Waals surface area contributed by atoms with Crippen LogP contribution in [0.4, 0.5) is 5.69 Å². The molecule has 1 fully saturated rings. The largest absolute Gasteiger partial charge is 0.393 e. The number of nitrogen functional groups attached to an aromatic ring is 1. The van der Waals surface area contributed by atoms with Crippen molar-refractivity contribution in [1.29, 1.82) is 0 Å². The number of nitrogens with zero attached hydrogens (tertiary/aromatic N) is 2. The van der Waals surface area contributed by atoms with Crippen LogP contribution in [0.1, 0.15) is 44.2 Å². The van der Waals surface area contributed by atoms with E-state index in [1.807, 2.05) is 23.7 Å². The summed E-state index contributed by atoms with van der Waals surface area (Å²) in [7, 11) is 0. The molecule has 1 heterocycles. The third-order valence-corrected chi connectivity index (χ3v) is 4.58. The third kappa shape index (κ3) is 2.38. The van der Waals surface area contributed by atoms with Crippen LogP contribution in [0.3, 0.4) is 0 Å². The lowest BCUT2D eigenvalue weighted by Crippen LogP contribution is -2.22.